The summed E-state index contributed by atoms with van der Waals surface area (Å²) in [4.78, 5) is 12.7. The Bertz CT molecular complexity index is 1320. The van der Waals surface area contributed by atoms with Gasteiger partial charge in [0.25, 0.3) is 5.91 Å². The van der Waals surface area contributed by atoms with Crippen LogP contribution in [0.25, 0.3) is 5.69 Å². The number of hydrazone groups is 1. The van der Waals surface area contributed by atoms with Crippen LogP contribution in [-0.4, -0.2) is 23.3 Å². The summed E-state index contributed by atoms with van der Waals surface area (Å²) in [6, 6.07) is 21.8. The highest BCUT2D eigenvalue weighted by Crippen LogP contribution is 2.31. The molecular weight excluding hydrogens is 485 g/mol. The Morgan fingerprint density at radius 1 is 0.943 bits per heavy atom. The second kappa shape index (κ2) is 11.6. The van der Waals surface area contributed by atoms with Gasteiger partial charge in [0, 0.05) is 28.0 Å². The van der Waals surface area contributed by atoms with Crippen LogP contribution in [0.15, 0.2) is 90.3 Å². The first-order valence-corrected chi connectivity index (χ1v) is 11.7. The Labute approximate surface area is 213 Å². The molecule has 1 heterocycles. The minimum absolute atomic E-state index is 0.197. The van der Waals surface area contributed by atoms with Crippen LogP contribution >= 0.6 is 23.2 Å². The highest BCUT2D eigenvalue weighted by atomic mass is 35.5. The second-order valence-corrected chi connectivity index (χ2v) is 8.25. The number of hydrogen-bond acceptors (Lipinski definition) is 4. The number of nitrogens with zero attached hydrogens (tertiary/aromatic N) is 2. The van der Waals surface area contributed by atoms with Crippen LogP contribution in [0, 0.1) is 0 Å². The van der Waals surface area contributed by atoms with Gasteiger partial charge in [-0.3, -0.25) is 4.79 Å². The fraction of sp³-hybridized carbons (Fsp3) is 0.111. The molecule has 0 radical (unpaired) electrons. The van der Waals surface area contributed by atoms with Crippen molar-refractivity contribution in [1.29, 1.82) is 0 Å². The number of para-hydroxylation sites is 1. The van der Waals surface area contributed by atoms with Gasteiger partial charge in [-0.05, 0) is 67.1 Å². The Morgan fingerprint density at radius 2 is 1.69 bits per heavy atom. The number of benzene rings is 3. The van der Waals surface area contributed by atoms with E-state index in [0.29, 0.717) is 39.3 Å². The maximum atomic E-state index is 12.7. The minimum atomic E-state index is -0.313. The number of rotatable bonds is 9. The minimum Gasteiger partial charge on any atom is -0.490 e. The first-order valence-electron chi connectivity index (χ1n) is 10.9. The molecule has 0 atom stereocenters. The van der Waals surface area contributed by atoms with Crippen LogP contribution in [0.3, 0.4) is 0 Å². The lowest BCUT2D eigenvalue weighted by Crippen LogP contribution is -2.19. The average Bonchev–Trinajstić information content (AvgIpc) is 3.40. The van der Waals surface area contributed by atoms with Gasteiger partial charge in [0.15, 0.2) is 11.5 Å². The van der Waals surface area contributed by atoms with Crippen molar-refractivity contribution in [3.63, 3.8) is 0 Å². The molecule has 4 aromatic rings. The molecule has 4 rings (SSSR count). The first kappa shape index (κ1) is 24.4. The molecule has 1 amide bonds. The van der Waals surface area contributed by atoms with Crippen LogP contribution in [0.4, 0.5) is 0 Å². The molecule has 0 fully saturated rings. The van der Waals surface area contributed by atoms with Crippen LogP contribution in [-0.2, 0) is 6.61 Å². The third-order valence-electron chi connectivity index (χ3n) is 5.11. The molecule has 3 aromatic carbocycles. The van der Waals surface area contributed by atoms with Crippen molar-refractivity contribution in [3.8, 4) is 17.2 Å². The van der Waals surface area contributed by atoms with Gasteiger partial charge in [0.1, 0.15) is 6.61 Å². The molecule has 0 aliphatic rings. The second-order valence-electron chi connectivity index (χ2n) is 7.43. The maximum absolute atomic E-state index is 12.7. The van der Waals surface area contributed by atoms with Crippen LogP contribution in [0.2, 0.25) is 10.0 Å². The highest BCUT2D eigenvalue weighted by molar-refractivity contribution is 6.35. The Balaban J connectivity index is 1.46. The van der Waals surface area contributed by atoms with E-state index in [1.807, 2.05) is 60.3 Å². The van der Waals surface area contributed by atoms with Crippen LogP contribution in [0.5, 0.6) is 11.5 Å². The Kier molecular flexibility index (Phi) is 8.08. The lowest BCUT2D eigenvalue weighted by atomic mass is 10.1. The summed E-state index contributed by atoms with van der Waals surface area (Å²) >= 11 is 12.5. The Hall–Kier alpha value is -3.74. The number of aromatic nitrogens is 1. The summed E-state index contributed by atoms with van der Waals surface area (Å²) in [5.41, 5.74) is 5.30. The van der Waals surface area contributed by atoms with Gasteiger partial charge in [-0.15, -0.1) is 0 Å². The summed E-state index contributed by atoms with van der Waals surface area (Å²) in [7, 11) is 0. The number of amides is 1. The largest absolute Gasteiger partial charge is 0.490 e. The molecular formula is C27H23Cl2N3O3. The number of carbonyl (C=O) groups is 1. The molecule has 35 heavy (non-hydrogen) atoms. The SMILES string of the molecule is CCOc1cc(/C=N\NC(=O)c2ccccc2-n2cccc2)ccc1OCc1c(Cl)cccc1Cl. The van der Waals surface area contributed by atoms with Gasteiger partial charge in [0.2, 0.25) is 0 Å². The number of ether oxygens (including phenoxy) is 2. The molecule has 0 saturated heterocycles. The summed E-state index contributed by atoms with van der Waals surface area (Å²) in [6.07, 6.45) is 5.31. The van der Waals surface area contributed by atoms with E-state index >= 15 is 0 Å². The smallest absolute Gasteiger partial charge is 0.273 e. The summed E-state index contributed by atoms with van der Waals surface area (Å²) in [5, 5.41) is 5.19. The molecule has 0 aliphatic carbocycles. The van der Waals surface area contributed by atoms with Crippen molar-refractivity contribution in [2.45, 2.75) is 13.5 Å². The van der Waals surface area contributed by atoms with Crippen molar-refractivity contribution < 1.29 is 14.3 Å². The summed E-state index contributed by atoms with van der Waals surface area (Å²) < 4.78 is 13.5. The number of carbonyl (C=O) groups excluding carboxylic acids is 1. The van der Waals surface area contributed by atoms with Gasteiger partial charge in [-0.2, -0.15) is 5.10 Å². The molecule has 0 spiro atoms. The van der Waals surface area contributed by atoms with Gasteiger partial charge in [-0.25, -0.2) is 5.43 Å². The molecule has 1 N–H and O–H groups in total. The quantitative estimate of drug-likeness (QED) is 0.207. The molecule has 0 aliphatic heterocycles. The first-order chi connectivity index (χ1) is 17.1. The zero-order valence-corrected chi connectivity index (χ0v) is 20.5. The predicted molar refractivity (Wildman–Crippen MR) is 139 cm³/mol. The van der Waals surface area contributed by atoms with E-state index in [2.05, 4.69) is 10.5 Å². The van der Waals surface area contributed by atoms with E-state index in [4.69, 9.17) is 32.7 Å². The summed E-state index contributed by atoms with van der Waals surface area (Å²) in [6.45, 7) is 2.54. The van der Waals surface area contributed by atoms with Gasteiger partial charge in [0.05, 0.1) is 24.1 Å². The van der Waals surface area contributed by atoms with Gasteiger partial charge in [-0.1, -0.05) is 41.4 Å². The topological polar surface area (TPSA) is 64.8 Å². The zero-order chi connectivity index (χ0) is 24.6. The van der Waals surface area contributed by atoms with E-state index in [9.17, 15) is 4.79 Å². The van der Waals surface area contributed by atoms with Crippen molar-refractivity contribution >= 4 is 35.3 Å². The summed E-state index contributed by atoms with van der Waals surface area (Å²) in [5.74, 6) is 0.778. The normalized spacial score (nSPS) is 10.9. The van der Waals surface area contributed by atoms with E-state index in [0.717, 1.165) is 11.3 Å². The lowest BCUT2D eigenvalue weighted by molar-refractivity contribution is 0.0955. The molecule has 0 unspecified atom stereocenters. The maximum Gasteiger partial charge on any atom is 0.273 e. The van der Waals surface area contributed by atoms with E-state index < -0.39 is 0 Å². The Morgan fingerprint density at radius 3 is 2.43 bits per heavy atom. The zero-order valence-electron chi connectivity index (χ0n) is 18.9. The van der Waals surface area contributed by atoms with Gasteiger partial charge < -0.3 is 14.0 Å². The number of hydrogen-bond donors (Lipinski definition) is 1. The molecule has 0 bridgehead atoms. The van der Waals surface area contributed by atoms with E-state index in [-0.39, 0.29) is 12.5 Å². The standard InChI is InChI=1S/C27H23Cl2N3O3/c1-2-34-26-16-19(12-13-25(26)35-18-21-22(28)9-7-10-23(21)29)17-30-31-27(33)20-8-3-4-11-24(20)32-14-5-6-15-32/h3-17H,2,18H2,1H3,(H,31,33)/b30-17-. The van der Waals surface area contributed by atoms with Crippen LogP contribution < -0.4 is 14.9 Å². The fourth-order valence-electron chi connectivity index (χ4n) is 3.42. The monoisotopic (exact) mass is 507 g/mol. The van der Waals surface area contributed by atoms with Crippen LogP contribution in [0.1, 0.15) is 28.4 Å². The van der Waals surface area contributed by atoms with E-state index in [1.165, 1.54) is 0 Å². The predicted octanol–water partition coefficient (Wildman–Crippen LogP) is 6.53. The van der Waals surface area contributed by atoms with Gasteiger partial charge >= 0.3 is 0 Å². The third kappa shape index (κ3) is 6.04. The van der Waals surface area contributed by atoms with E-state index in [1.54, 1.807) is 42.6 Å². The average molecular weight is 508 g/mol. The number of nitrogens with one attached hydrogen (secondary N) is 1. The van der Waals surface area contributed by atoms with Crippen molar-refractivity contribution in [1.82, 2.24) is 9.99 Å². The number of halogens is 2. The molecule has 1 aromatic heterocycles. The van der Waals surface area contributed by atoms with Crippen molar-refractivity contribution in [2.75, 3.05) is 6.61 Å². The molecule has 0 saturated carbocycles. The van der Waals surface area contributed by atoms with Crippen molar-refractivity contribution in [2.24, 2.45) is 5.10 Å². The molecule has 8 heteroatoms. The molecule has 178 valence electrons. The lowest BCUT2D eigenvalue weighted by Gasteiger charge is -2.14. The highest BCUT2D eigenvalue weighted by Gasteiger charge is 2.12. The third-order valence-corrected chi connectivity index (χ3v) is 5.82. The fourth-order valence-corrected chi connectivity index (χ4v) is 3.93. The molecule has 6 nitrogen and oxygen atoms in total. The van der Waals surface area contributed by atoms with Crippen molar-refractivity contribution in [3.05, 3.63) is 112 Å².